The number of carbonyl (C=O) groups is 2. The van der Waals surface area contributed by atoms with E-state index in [0.717, 1.165) is 19.3 Å². The molecule has 0 N–H and O–H groups in total. The van der Waals surface area contributed by atoms with Gasteiger partial charge >= 0.3 is 57.4 Å². The molecule has 1 atom stereocenters. The number of hydrogen-bond donors (Lipinski definition) is 0. The van der Waals surface area contributed by atoms with Gasteiger partial charge < -0.3 is 14.6 Å². The molecule has 0 aliphatic carbocycles. The summed E-state index contributed by atoms with van der Waals surface area (Å²) in [6, 6.07) is 0. The number of carboxylic acid groups (broad SMARTS) is 1. The summed E-state index contributed by atoms with van der Waals surface area (Å²) in [5, 5.41) is 10.3. The van der Waals surface area contributed by atoms with Gasteiger partial charge in [-0.25, -0.2) is 0 Å². The van der Waals surface area contributed by atoms with Crippen molar-refractivity contribution in [1.82, 2.24) is 0 Å². The third-order valence-corrected chi connectivity index (χ3v) is 2.08. The molecule has 0 radical (unpaired) electrons. The second-order valence-electron chi connectivity index (χ2n) is 3.49. The Morgan fingerprint density at radius 1 is 1.24 bits per heavy atom. The molecule has 4 nitrogen and oxygen atoms in total. The Morgan fingerprint density at radius 2 is 1.76 bits per heavy atom. The fraction of sp³-hybridized carbons (Fsp3) is 0.833. The molecule has 1 unspecified atom stereocenters. The van der Waals surface area contributed by atoms with Crippen LogP contribution in [-0.2, 0) is 14.3 Å². The zero-order valence-electron chi connectivity index (χ0n) is 11.7. The molecule has 0 aliphatic heterocycles. The third kappa shape index (κ3) is 19.1. The average molecular weight is 270 g/mol. The van der Waals surface area contributed by atoms with Gasteiger partial charge in [-0.15, -0.1) is 0 Å². The van der Waals surface area contributed by atoms with Gasteiger partial charge in [-0.05, 0) is 25.7 Å². The van der Waals surface area contributed by atoms with E-state index in [1.807, 2.05) is 6.92 Å². The van der Waals surface area contributed by atoms with Gasteiger partial charge in [-0.3, -0.25) is 4.79 Å². The van der Waals surface area contributed by atoms with E-state index in [0.29, 0.717) is 13.0 Å². The molecule has 96 valence electrons. The van der Waals surface area contributed by atoms with Crippen LogP contribution in [0.1, 0.15) is 53.4 Å². The molecule has 0 bridgehead atoms. The third-order valence-electron chi connectivity index (χ3n) is 2.08. The second kappa shape index (κ2) is 16.6. The molecule has 0 spiro atoms. The average Bonchev–Trinajstić information content (AvgIpc) is 2.19. The van der Waals surface area contributed by atoms with E-state index in [9.17, 15) is 14.7 Å². The second-order valence-corrected chi connectivity index (χ2v) is 3.49. The van der Waals surface area contributed by atoms with Crippen LogP contribution < -0.4 is 56.5 Å². The van der Waals surface area contributed by atoms with Crippen LogP contribution in [0.25, 0.3) is 0 Å². The zero-order valence-corrected chi connectivity index (χ0v) is 14.9. The molecule has 0 aromatic heterocycles. The number of aliphatic carboxylic acids is 1. The summed E-state index contributed by atoms with van der Waals surface area (Å²) in [7, 11) is 0. The number of hydrogen-bond acceptors (Lipinski definition) is 4. The molecular formula is C12H23KO4. The van der Waals surface area contributed by atoms with Gasteiger partial charge in [0.2, 0.25) is 0 Å². The molecule has 0 saturated heterocycles. The Balaban J connectivity index is -0.000000244. The van der Waals surface area contributed by atoms with Crippen LogP contribution in [0.15, 0.2) is 0 Å². The summed E-state index contributed by atoms with van der Waals surface area (Å²) in [6.07, 6.45) is 3.52. The SMILES string of the molecule is CCCCC(CC)C(=O)[O-].CCOC(C)=O.[K+]. The van der Waals surface area contributed by atoms with E-state index in [4.69, 9.17) is 0 Å². The Labute approximate surface area is 147 Å². The molecule has 17 heavy (non-hydrogen) atoms. The fourth-order valence-corrected chi connectivity index (χ4v) is 1.14. The molecule has 0 amide bonds. The van der Waals surface area contributed by atoms with E-state index >= 15 is 0 Å². The molecule has 0 fully saturated rings. The maximum Gasteiger partial charge on any atom is 1.00 e. The van der Waals surface area contributed by atoms with Crippen LogP contribution in [0.2, 0.25) is 0 Å². The number of rotatable bonds is 6. The normalized spacial score (nSPS) is 10.4. The predicted octanol–water partition coefficient (Wildman–Crippen LogP) is -1.47. The van der Waals surface area contributed by atoms with Crippen LogP contribution in [-0.4, -0.2) is 18.5 Å². The first kappa shape index (κ1) is 22.7. The minimum atomic E-state index is -0.893. The largest absolute Gasteiger partial charge is 1.00 e. The topological polar surface area (TPSA) is 66.4 Å². The minimum Gasteiger partial charge on any atom is -0.550 e. The first-order valence-electron chi connectivity index (χ1n) is 5.83. The van der Waals surface area contributed by atoms with Crippen LogP contribution in [0.3, 0.4) is 0 Å². The van der Waals surface area contributed by atoms with Crippen molar-refractivity contribution in [2.45, 2.75) is 53.4 Å². The van der Waals surface area contributed by atoms with Gasteiger partial charge in [-0.2, -0.15) is 0 Å². The zero-order chi connectivity index (χ0) is 13.0. The first-order valence-corrected chi connectivity index (χ1v) is 5.83. The van der Waals surface area contributed by atoms with Crippen molar-refractivity contribution in [3.05, 3.63) is 0 Å². The molecular weight excluding hydrogens is 247 g/mol. The van der Waals surface area contributed by atoms with Crippen LogP contribution in [0.5, 0.6) is 0 Å². The smallest absolute Gasteiger partial charge is 0.550 e. The van der Waals surface area contributed by atoms with Crippen LogP contribution >= 0.6 is 0 Å². The number of carbonyl (C=O) groups excluding carboxylic acids is 2. The molecule has 0 rings (SSSR count). The Hall–Kier alpha value is 0.576. The summed E-state index contributed by atoms with van der Waals surface area (Å²) < 4.78 is 4.40. The molecule has 5 heteroatoms. The van der Waals surface area contributed by atoms with Crippen LogP contribution in [0, 0.1) is 5.92 Å². The van der Waals surface area contributed by atoms with Gasteiger partial charge in [0.15, 0.2) is 0 Å². The molecule has 0 saturated carbocycles. The maximum absolute atomic E-state index is 10.3. The molecule has 0 heterocycles. The van der Waals surface area contributed by atoms with Crippen molar-refractivity contribution in [3.63, 3.8) is 0 Å². The standard InChI is InChI=1S/C8H16O2.C4H8O2.K/c1-3-5-6-7(4-2)8(9)10;1-3-6-4(2)5;/h7H,3-6H2,1-2H3,(H,9,10);3H2,1-2H3;/q;;+1/p-1. The predicted molar refractivity (Wildman–Crippen MR) is 60.6 cm³/mol. The molecule has 0 aromatic rings. The Morgan fingerprint density at radius 3 is 1.94 bits per heavy atom. The van der Waals surface area contributed by atoms with Gasteiger partial charge in [-0.1, -0.05) is 26.7 Å². The monoisotopic (exact) mass is 270 g/mol. The maximum atomic E-state index is 10.3. The Bertz CT molecular complexity index is 195. The number of esters is 1. The van der Waals surface area contributed by atoms with E-state index in [1.165, 1.54) is 6.92 Å². The van der Waals surface area contributed by atoms with E-state index in [-0.39, 0.29) is 63.3 Å². The first-order chi connectivity index (χ1) is 7.49. The van der Waals surface area contributed by atoms with E-state index in [2.05, 4.69) is 11.7 Å². The van der Waals surface area contributed by atoms with E-state index in [1.54, 1.807) is 6.92 Å². The summed E-state index contributed by atoms with van der Waals surface area (Å²) >= 11 is 0. The summed E-state index contributed by atoms with van der Waals surface area (Å²) in [5.41, 5.74) is 0. The van der Waals surface area contributed by atoms with Crippen molar-refractivity contribution in [2.75, 3.05) is 6.61 Å². The van der Waals surface area contributed by atoms with Crippen molar-refractivity contribution < 1.29 is 70.8 Å². The van der Waals surface area contributed by atoms with Crippen molar-refractivity contribution in [1.29, 1.82) is 0 Å². The summed E-state index contributed by atoms with van der Waals surface area (Å²) in [5.74, 6) is -1.33. The van der Waals surface area contributed by atoms with Crippen molar-refractivity contribution in [3.8, 4) is 0 Å². The summed E-state index contributed by atoms with van der Waals surface area (Å²) in [6.45, 7) is 7.60. The fourth-order valence-electron chi connectivity index (χ4n) is 1.14. The summed E-state index contributed by atoms with van der Waals surface area (Å²) in [4.78, 5) is 20.1. The van der Waals surface area contributed by atoms with Gasteiger partial charge in [0.25, 0.3) is 0 Å². The van der Waals surface area contributed by atoms with Crippen molar-refractivity contribution >= 4 is 11.9 Å². The number of carboxylic acids is 1. The van der Waals surface area contributed by atoms with Gasteiger partial charge in [0.1, 0.15) is 0 Å². The van der Waals surface area contributed by atoms with Crippen LogP contribution in [0.4, 0.5) is 0 Å². The Kier molecular flexibility index (Phi) is 22.2. The van der Waals surface area contributed by atoms with E-state index < -0.39 is 5.97 Å². The van der Waals surface area contributed by atoms with Crippen molar-refractivity contribution in [2.24, 2.45) is 5.92 Å². The van der Waals surface area contributed by atoms with Gasteiger partial charge in [0.05, 0.1) is 6.61 Å². The molecule has 0 aromatic carbocycles. The number of ether oxygens (including phenoxy) is 1. The number of unbranched alkanes of at least 4 members (excludes halogenated alkanes) is 1. The van der Waals surface area contributed by atoms with Gasteiger partial charge in [0, 0.05) is 12.9 Å². The quantitative estimate of drug-likeness (QED) is 0.436. The molecule has 0 aliphatic rings. The minimum absolute atomic E-state index is 0.